The van der Waals surface area contributed by atoms with E-state index < -0.39 is 26.6 Å². The normalized spacial score (nSPS) is 14.9. The molecule has 0 aliphatic carbocycles. The fourth-order valence-electron chi connectivity index (χ4n) is 6.26. The Morgan fingerprint density at radius 3 is 1.47 bits per heavy atom. The summed E-state index contributed by atoms with van der Waals surface area (Å²) < 4.78 is 23.2. The summed E-state index contributed by atoms with van der Waals surface area (Å²) in [7, 11) is 1.22. The van der Waals surface area contributed by atoms with Gasteiger partial charge in [-0.05, 0) is 57.8 Å². The third-order valence-corrected chi connectivity index (χ3v) is 10.9. The van der Waals surface area contributed by atoms with Crippen LogP contribution in [0.1, 0.15) is 187 Å². The van der Waals surface area contributed by atoms with Gasteiger partial charge in [0.1, 0.15) is 13.2 Å². The van der Waals surface area contributed by atoms with Gasteiger partial charge in [0.25, 0.3) is 7.82 Å². The largest absolute Gasteiger partial charge is 0.756 e. The lowest BCUT2D eigenvalue weighted by Gasteiger charge is -2.29. The Bertz CT molecular complexity index is 1110. The molecule has 0 bridgehead atoms. The highest BCUT2D eigenvalue weighted by Gasteiger charge is 2.23. The Morgan fingerprint density at radius 2 is 1.02 bits per heavy atom. The predicted molar refractivity (Wildman–Crippen MR) is 242 cm³/mol. The number of amides is 1. The van der Waals surface area contributed by atoms with E-state index in [4.69, 9.17) is 9.05 Å². The Labute approximate surface area is 351 Å². The number of aliphatic hydroxyl groups is 1. The number of aliphatic hydroxyl groups excluding tert-OH is 1. The predicted octanol–water partition coefficient (Wildman–Crippen LogP) is 12.4. The van der Waals surface area contributed by atoms with Crippen LogP contribution in [0.4, 0.5) is 0 Å². The van der Waals surface area contributed by atoms with Crippen molar-refractivity contribution in [3.63, 3.8) is 0 Å². The number of likely N-dealkylation sites (N-methyl/N-ethyl adjacent to an activating group) is 1. The average molecular weight is 821 g/mol. The van der Waals surface area contributed by atoms with Crippen LogP contribution in [0.2, 0.25) is 0 Å². The van der Waals surface area contributed by atoms with Gasteiger partial charge in [-0.3, -0.25) is 9.36 Å². The van der Waals surface area contributed by atoms with Crippen molar-refractivity contribution in [3.8, 4) is 0 Å². The van der Waals surface area contributed by atoms with E-state index in [1.807, 2.05) is 27.2 Å². The molecule has 0 fully saturated rings. The molecule has 0 saturated heterocycles. The fourth-order valence-corrected chi connectivity index (χ4v) is 6.98. The van der Waals surface area contributed by atoms with Crippen LogP contribution in [0.3, 0.4) is 0 Å². The van der Waals surface area contributed by atoms with E-state index in [-0.39, 0.29) is 18.9 Å². The van der Waals surface area contributed by atoms with Gasteiger partial charge in [0, 0.05) is 6.42 Å². The number of allylic oxidation sites excluding steroid dienone is 9. The highest BCUT2D eigenvalue weighted by molar-refractivity contribution is 7.45. The summed E-state index contributed by atoms with van der Waals surface area (Å²) in [5.41, 5.74) is 0. The summed E-state index contributed by atoms with van der Waals surface area (Å²) in [6.07, 6.45) is 51.3. The van der Waals surface area contributed by atoms with Crippen LogP contribution in [0.25, 0.3) is 0 Å². The summed E-state index contributed by atoms with van der Waals surface area (Å²) in [5.74, 6) is -0.253. The smallest absolute Gasteiger partial charge is 0.268 e. The highest BCUT2D eigenvalue weighted by Crippen LogP contribution is 2.38. The van der Waals surface area contributed by atoms with Crippen molar-refractivity contribution in [2.45, 2.75) is 199 Å². The second-order valence-electron chi connectivity index (χ2n) is 16.8. The van der Waals surface area contributed by atoms with Gasteiger partial charge in [-0.15, -0.1) is 0 Å². The van der Waals surface area contributed by atoms with Crippen LogP contribution in [-0.4, -0.2) is 68.5 Å². The molecular weight excluding hydrogens is 732 g/mol. The number of hydrogen-bond acceptors (Lipinski definition) is 6. The van der Waals surface area contributed by atoms with Crippen LogP contribution >= 0.6 is 7.82 Å². The monoisotopic (exact) mass is 821 g/mol. The zero-order valence-corrected chi connectivity index (χ0v) is 38.4. The molecule has 0 saturated carbocycles. The zero-order valence-electron chi connectivity index (χ0n) is 37.5. The van der Waals surface area contributed by atoms with E-state index in [2.05, 4.69) is 67.8 Å². The molecule has 0 aliphatic rings. The fraction of sp³-hybridized carbons (Fsp3) is 0.771. The Balaban J connectivity index is 4.50. The second-order valence-corrected chi connectivity index (χ2v) is 18.2. The third-order valence-electron chi connectivity index (χ3n) is 9.97. The first-order valence-corrected chi connectivity index (χ1v) is 24.6. The average Bonchev–Trinajstić information content (AvgIpc) is 3.16. The van der Waals surface area contributed by atoms with E-state index in [9.17, 15) is 19.4 Å². The van der Waals surface area contributed by atoms with Gasteiger partial charge < -0.3 is 28.8 Å². The topological polar surface area (TPSA) is 108 Å². The molecule has 57 heavy (non-hydrogen) atoms. The van der Waals surface area contributed by atoms with Crippen molar-refractivity contribution in [1.82, 2.24) is 5.32 Å². The van der Waals surface area contributed by atoms with E-state index in [0.717, 1.165) is 44.9 Å². The first kappa shape index (κ1) is 55.2. The number of carbonyl (C=O) groups excluding carboxylic acids is 1. The molecule has 0 heterocycles. The number of quaternary nitrogens is 1. The van der Waals surface area contributed by atoms with Crippen molar-refractivity contribution >= 4 is 13.7 Å². The minimum atomic E-state index is -4.60. The first-order valence-electron chi connectivity index (χ1n) is 23.2. The zero-order chi connectivity index (χ0) is 42.1. The van der Waals surface area contributed by atoms with Gasteiger partial charge in [-0.2, -0.15) is 0 Å². The summed E-state index contributed by atoms with van der Waals surface area (Å²) in [5, 5.41) is 13.7. The number of rotatable bonds is 41. The molecule has 0 rings (SSSR count). The SMILES string of the molecule is CCCCCCCCC/C=C/C/C=C/C/C=C/C/C=C/CCCC(=O)N[C@@H](COP(=O)([O-])OCC[N+](C)(C)C)[C@H](O)/C=C/CCCCCCCCCCCCCC. The number of unbranched alkanes of at least 4 members (excludes halogenated alkanes) is 20. The van der Waals surface area contributed by atoms with Gasteiger partial charge >= 0.3 is 0 Å². The maximum absolute atomic E-state index is 12.8. The maximum atomic E-state index is 12.8. The Morgan fingerprint density at radius 1 is 0.614 bits per heavy atom. The third kappa shape index (κ3) is 42.1. The molecule has 0 aromatic heterocycles. The van der Waals surface area contributed by atoms with Crippen LogP contribution < -0.4 is 10.2 Å². The van der Waals surface area contributed by atoms with E-state index in [1.165, 1.54) is 116 Å². The highest BCUT2D eigenvalue weighted by atomic mass is 31.2. The standard InChI is InChI=1S/C48H89N2O6P/c1-6-8-10-12-14-16-18-20-22-23-24-25-26-27-28-30-32-34-36-38-40-42-48(52)49-46(45-56-57(53,54)55-44-43-50(3,4)5)47(51)41-39-37-35-33-31-29-21-19-17-15-13-11-9-7-2/h22-23,25-26,28,30,34,36,39,41,46-47,51H,6-21,24,27,29,31-33,35,37-38,40,42-45H2,1-5H3,(H-,49,52,53,54)/b23-22+,26-25+,30-28+,36-34+,41-39+/t46-,47+/m0/s1. The second kappa shape index (κ2) is 39.6. The lowest BCUT2D eigenvalue weighted by Crippen LogP contribution is -2.45. The molecule has 8 nitrogen and oxygen atoms in total. The molecule has 0 aliphatic heterocycles. The molecule has 0 aromatic rings. The Kier molecular flexibility index (Phi) is 38.4. The van der Waals surface area contributed by atoms with Gasteiger partial charge in [0.15, 0.2) is 0 Å². The van der Waals surface area contributed by atoms with Crippen molar-refractivity contribution in [2.75, 3.05) is 40.9 Å². The number of phosphoric ester groups is 1. The molecule has 3 atom stereocenters. The summed E-state index contributed by atoms with van der Waals surface area (Å²) in [6, 6.07) is -0.916. The molecule has 1 unspecified atom stereocenters. The van der Waals surface area contributed by atoms with Gasteiger partial charge in [-0.25, -0.2) is 0 Å². The number of nitrogens with one attached hydrogen (secondary N) is 1. The van der Waals surface area contributed by atoms with Crippen LogP contribution in [-0.2, 0) is 18.4 Å². The van der Waals surface area contributed by atoms with Crippen molar-refractivity contribution in [2.24, 2.45) is 0 Å². The molecule has 1 amide bonds. The molecule has 332 valence electrons. The van der Waals surface area contributed by atoms with Crippen molar-refractivity contribution in [3.05, 3.63) is 60.8 Å². The summed E-state index contributed by atoms with van der Waals surface area (Å²) in [4.78, 5) is 25.3. The lowest BCUT2D eigenvalue weighted by molar-refractivity contribution is -0.870. The molecule has 2 N–H and O–H groups in total. The van der Waals surface area contributed by atoms with Crippen molar-refractivity contribution in [1.29, 1.82) is 0 Å². The number of nitrogens with zero attached hydrogens (tertiary/aromatic N) is 1. The molecule has 0 aromatic carbocycles. The van der Waals surface area contributed by atoms with E-state index >= 15 is 0 Å². The summed E-state index contributed by atoms with van der Waals surface area (Å²) >= 11 is 0. The maximum Gasteiger partial charge on any atom is 0.268 e. The quantitative estimate of drug-likeness (QED) is 0.0275. The van der Waals surface area contributed by atoms with Gasteiger partial charge in [0.05, 0.1) is 39.9 Å². The number of hydrogen-bond donors (Lipinski definition) is 2. The van der Waals surface area contributed by atoms with Crippen LogP contribution in [0.5, 0.6) is 0 Å². The lowest BCUT2D eigenvalue weighted by atomic mass is 10.0. The van der Waals surface area contributed by atoms with Crippen LogP contribution in [0, 0.1) is 0 Å². The number of phosphoric acid groups is 1. The Hall–Kier alpha value is -1.80. The minimum Gasteiger partial charge on any atom is -0.756 e. The molecule has 0 radical (unpaired) electrons. The number of carbonyl (C=O) groups is 1. The molecule has 0 spiro atoms. The first-order chi connectivity index (χ1) is 27.5. The van der Waals surface area contributed by atoms with E-state index in [0.29, 0.717) is 17.4 Å². The summed E-state index contributed by atoms with van der Waals surface area (Å²) in [6.45, 7) is 4.59. The van der Waals surface area contributed by atoms with E-state index in [1.54, 1.807) is 6.08 Å². The minimum absolute atomic E-state index is 0.0134. The van der Waals surface area contributed by atoms with Crippen molar-refractivity contribution < 1.29 is 32.9 Å². The van der Waals surface area contributed by atoms with Crippen LogP contribution in [0.15, 0.2) is 60.8 Å². The van der Waals surface area contributed by atoms with Gasteiger partial charge in [-0.1, -0.05) is 184 Å². The molecular formula is C48H89N2O6P. The van der Waals surface area contributed by atoms with Gasteiger partial charge in [0.2, 0.25) is 5.91 Å². The molecule has 9 heteroatoms.